The Morgan fingerprint density at radius 3 is 3.06 bits per heavy atom. The maximum absolute atomic E-state index is 5.81. The van der Waals surface area contributed by atoms with Crippen molar-refractivity contribution in [2.24, 2.45) is 7.05 Å². The summed E-state index contributed by atoms with van der Waals surface area (Å²) in [7, 11) is 1.84. The predicted molar refractivity (Wildman–Crippen MR) is 66.9 cm³/mol. The second-order valence-electron chi connectivity index (χ2n) is 4.32. The van der Waals surface area contributed by atoms with Crippen LogP contribution in [0.1, 0.15) is 12.0 Å². The van der Waals surface area contributed by atoms with E-state index in [1.807, 2.05) is 25.2 Å². The third kappa shape index (κ3) is 1.65. The highest BCUT2D eigenvalue weighted by Crippen LogP contribution is 2.35. The predicted octanol–water partition coefficient (Wildman–Crippen LogP) is 1.99. The van der Waals surface area contributed by atoms with Gasteiger partial charge >= 0.3 is 0 Å². The number of hydrogen-bond acceptors (Lipinski definition) is 3. The van der Waals surface area contributed by atoms with Gasteiger partial charge in [0.1, 0.15) is 11.6 Å². The van der Waals surface area contributed by atoms with Crippen LogP contribution in [0.5, 0.6) is 5.75 Å². The zero-order valence-electron chi connectivity index (χ0n) is 9.81. The Bertz CT molecular complexity index is 540. The fourth-order valence-electron chi connectivity index (χ4n) is 2.20. The van der Waals surface area contributed by atoms with Crippen LogP contribution in [0.25, 0.3) is 11.3 Å². The summed E-state index contributed by atoms with van der Waals surface area (Å²) in [6.07, 6.45) is 2.16. The molecule has 4 heteroatoms. The Morgan fingerprint density at radius 2 is 2.29 bits per heavy atom. The van der Waals surface area contributed by atoms with Crippen molar-refractivity contribution in [2.45, 2.75) is 12.8 Å². The van der Waals surface area contributed by atoms with Crippen LogP contribution in [-0.2, 0) is 13.5 Å². The normalized spacial score (nSPS) is 14.2. The summed E-state index contributed by atoms with van der Waals surface area (Å²) in [6.45, 7) is 0.784. The summed E-state index contributed by atoms with van der Waals surface area (Å²) in [4.78, 5) is 0. The van der Waals surface area contributed by atoms with E-state index in [2.05, 4.69) is 11.2 Å². The Labute approximate surface area is 100 Å². The van der Waals surface area contributed by atoms with E-state index in [4.69, 9.17) is 10.5 Å². The first-order chi connectivity index (χ1) is 8.25. The molecule has 3 rings (SSSR count). The topological polar surface area (TPSA) is 53.1 Å². The molecular formula is C13H15N3O. The van der Waals surface area contributed by atoms with Crippen molar-refractivity contribution in [3.8, 4) is 17.0 Å². The summed E-state index contributed by atoms with van der Waals surface area (Å²) >= 11 is 0. The zero-order chi connectivity index (χ0) is 11.8. The molecule has 88 valence electrons. The molecule has 1 aromatic carbocycles. The number of anilines is 1. The number of benzene rings is 1. The van der Waals surface area contributed by atoms with Gasteiger partial charge in [-0.2, -0.15) is 5.10 Å². The van der Waals surface area contributed by atoms with Gasteiger partial charge in [-0.05, 0) is 24.5 Å². The third-order valence-electron chi connectivity index (χ3n) is 3.13. The van der Waals surface area contributed by atoms with E-state index in [1.165, 1.54) is 5.56 Å². The van der Waals surface area contributed by atoms with E-state index in [9.17, 15) is 0 Å². The molecule has 0 saturated carbocycles. The molecule has 4 nitrogen and oxygen atoms in total. The van der Waals surface area contributed by atoms with Crippen molar-refractivity contribution in [1.82, 2.24) is 9.78 Å². The number of rotatable bonds is 1. The van der Waals surface area contributed by atoms with Gasteiger partial charge in [0.25, 0.3) is 0 Å². The highest BCUT2D eigenvalue weighted by atomic mass is 16.5. The van der Waals surface area contributed by atoms with Gasteiger partial charge in [-0.25, -0.2) is 0 Å². The Balaban J connectivity index is 2.14. The van der Waals surface area contributed by atoms with Crippen molar-refractivity contribution < 1.29 is 4.74 Å². The van der Waals surface area contributed by atoms with Gasteiger partial charge in [-0.3, -0.25) is 4.68 Å². The molecule has 0 unspecified atom stereocenters. The number of para-hydroxylation sites is 1. The minimum absolute atomic E-state index is 0.661. The highest BCUT2D eigenvalue weighted by Gasteiger charge is 2.17. The minimum Gasteiger partial charge on any atom is -0.493 e. The average molecular weight is 229 g/mol. The number of aryl methyl sites for hydroxylation is 2. The number of ether oxygens (including phenoxy) is 1. The van der Waals surface area contributed by atoms with Crippen molar-refractivity contribution >= 4 is 5.82 Å². The molecule has 0 radical (unpaired) electrons. The largest absolute Gasteiger partial charge is 0.493 e. The molecule has 0 fully saturated rings. The van der Waals surface area contributed by atoms with Crippen LogP contribution >= 0.6 is 0 Å². The lowest BCUT2D eigenvalue weighted by Crippen LogP contribution is -2.09. The van der Waals surface area contributed by atoms with Crippen LogP contribution in [0.3, 0.4) is 0 Å². The maximum atomic E-state index is 5.81. The van der Waals surface area contributed by atoms with Crippen molar-refractivity contribution in [3.05, 3.63) is 29.8 Å². The lowest BCUT2D eigenvalue weighted by Gasteiger charge is -2.19. The molecule has 1 aliphatic heterocycles. The number of nitrogen functional groups attached to an aromatic ring is 1. The van der Waals surface area contributed by atoms with E-state index >= 15 is 0 Å². The highest BCUT2D eigenvalue weighted by molar-refractivity contribution is 5.71. The molecule has 1 aromatic heterocycles. The molecule has 2 heterocycles. The molecule has 0 aliphatic carbocycles. The van der Waals surface area contributed by atoms with Gasteiger partial charge in [0.2, 0.25) is 0 Å². The number of fused-ring (bicyclic) bond motifs is 1. The lowest BCUT2D eigenvalue weighted by molar-refractivity contribution is 0.289. The molecule has 17 heavy (non-hydrogen) atoms. The Morgan fingerprint density at radius 1 is 1.41 bits per heavy atom. The Kier molecular flexibility index (Phi) is 2.28. The van der Waals surface area contributed by atoms with E-state index in [1.54, 1.807) is 4.68 Å². The zero-order valence-corrected chi connectivity index (χ0v) is 9.81. The van der Waals surface area contributed by atoms with Crippen molar-refractivity contribution in [3.63, 3.8) is 0 Å². The van der Waals surface area contributed by atoms with Gasteiger partial charge in [0, 0.05) is 18.7 Å². The molecule has 0 amide bonds. The summed E-state index contributed by atoms with van der Waals surface area (Å²) in [6, 6.07) is 8.08. The van der Waals surface area contributed by atoms with Crippen molar-refractivity contribution in [2.75, 3.05) is 12.3 Å². The van der Waals surface area contributed by atoms with Crippen LogP contribution in [0.4, 0.5) is 5.82 Å². The molecule has 0 bridgehead atoms. The number of nitrogens with zero attached hydrogens (tertiary/aromatic N) is 2. The summed E-state index contributed by atoms with van der Waals surface area (Å²) in [5, 5.41) is 4.40. The molecule has 0 spiro atoms. The van der Waals surface area contributed by atoms with E-state index < -0.39 is 0 Å². The monoisotopic (exact) mass is 229 g/mol. The smallest absolute Gasteiger partial charge is 0.131 e. The van der Waals surface area contributed by atoms with Gasteiger partial charge < -0.3 is 10.5 Å². The minimum atomic E-state index is 0.661. The first-order valence-corrected chi connectivity index (χ1v) is 5.80. The molecule has 0 saturated heterocycles. The fourth-order valence-corrected chi connectivity index (χ4v) is 2.20. The maximum Gasteiger partial charge on any atom is 0.131 e. The van der Waals surface area contributed by atoms with Crippen molar-refractivity contribution in [1.29, 1.82) is 0 Å². The van der Waals surface area contributed by atoms with Gasteiger partial charge in [0.05, 0.1) is 12.3 Å². The standard InChI is InChI=1S/C13H15N3O/c1-16-12(14)8-11(15-16)10-6-2-4-9-5-3-7-17-13(9)10/h2,4,6,8H,3,5,7,14H2,1H3. The molecule has 0 atom stereocenters. The molecule has 2 aromatic rings. The number of nitrogens with two attached hydrogens (primary N) is 1. The van der Waals surface area contributed by atoms with Gasteiger partial charge in [0.15, 0.2) is 0 Å². The van der Waals surface area contributed by atoms with Crippen LogP contribution in [0.2, 0.25) is 0 Å². The Hall–Kier alpha value is -1.97. The summed E-state index contributed by atoms with van der Waals surface area (Å²) < 4.78 is 7.45. The van der Waals surface area contributed by atoms with Gasteiger partial charge in [-0.15, -0.1) is 0 Å². The summed E-state index contributed by atoms with van der Waals surface area (Å²) in [5.74, 6) is 1.63. The molecule has 1 aliphatic rings. The van der Waals surface area contributed by atoms with E-state index in [-0.39, 0.29) is 0 Å². The van der Waals surface area contributed by atoms with Crippen LogP contribution in [-0.4, -0.2) is 16.4 Å². The fraction of sp³-hybridized carbons (Fsp3) is 0.308. The first kappa shape index (κ1) is 10.2. The van der Waals surface area contributed by atoms with Crippen LogP contribution < -0.4 is 10.5 Å². The second kappa shape index (κ2) is 3.80. The lowest BCUT2D eigenvalue weighted by atomic mass is 10.0. The average Bonchev–Trinajstić information content (AvgIpc) is 2.69. The number of hydrogen-bond donors (Lipinski definition) is 1. The van der Waals surface area contributed by atoms with Gasteiger partial charge in [-0.1, -0.05) is 12.1 Å². The quantitative estimate of drug-likeness (QED) is 0.813. The number of aromatic nitrogens is 2. The third-order valence-corrected chi connectivity index (χ3v) is 3.13. The van der Waals surface area contributed by atoms with E-state index in [0.29, 0.717) is 5.82 Å². The first-order valence-electron chi connectivity index (χ1n) is 5.80. The van der Waals surface area contributed by atoms with Crippen LogP contribution in [0.15, 0.2) is 24.3 Å². The SMILES string of the molecule is Cn1nc(-c2cccc3c2OCCC3)cc1N. The molecular weight excluding hydrogens is 214 g/mol. The molecule has 2 N–H and O–H groups in total. The van der Waals surface area contributed by atoms with Crippen LogP contribution in [0, 0.1) is 0 Å². The second-order valence-corrected chi connectivity index (χ2v) is 4.32. The summed E-state index contributed by atoms with van der Waals surface area (Å²) in [5.41, 5.74) is 8.99. The van der Waals surface area contributed by atoms with E-state index in [0.717, 1.165) is 36.5 Å².